The lowest BCUT2D eigenvalue weighted by molar-refractivity contribution is -0.384. The van der Waals surface area contributed by atoms with Gasteiger partial charge in [0, 0.05) is 17.5 Å². The maximum atomic E-state index is 13.6. The SMILES string of the molecule is O=C(COC(=O)c1cc2ccccc2o1)Nc1cc([N+](=O)[O-])ccc1F. The van der Waals surface area contributed by atoms with E-state index < -0.39 is 29.2 Å². The van der Waals surface area contributed by atoms with Crippen LogP contribution in [-0.4, -0.2) is 23.4 Å². The van der Waals surface area contributed by atoms with E-state index in [4.69, 9.17) is 9.15 Å². The van der Waals surface area contributed by atoms with Crippen molar-refractivity contribution < 1.29 is 28.1 Å². The van der Waals surface area contributed by atoms with E-state index in [0.29, 0.717) is 11.0 Å². The number of hydrogen-bond donors (Lipinski definition) is 1. The Bertz CT molecular complexity index is 980. The number of non-ortho nitro benzene ring substituents is 1. The smallest absolute Gasteiger partial charge is 0.374 e. The molecule has 0 saturated heterocycles. The monoisotopic (exact) mass is 358 g/mol. The number of rotatable bonds is 5. The minimum atomic E-state index is -0.865. The summed E-state index contributed by atoms with van der Waals surface area (Å²) in [6.07, 6.45) is 0. The fourth-order valence-corrected chi connectivity index (χ4v) is 2.19. The predicted molar refractivity (Wildman–Crippen MR) is 88.2 cm³/mol. The van der Waals surface area contributed by atoms with Crippen LogP contribution in [0.4, 0.5) is 15.8 Å². The Labute approximate surface area is 145 Å². The third-order valence-electron chi connectivity index (χ3n) is 3.40. The highest BCUT2D eigenvalue weighted by atomic mass is 19.1. The molecule has 0 bridgehead atoms. The van der Waals surface area contributed by atoms with E-state index in [9.17, 15) is 24.1 Å². The van der Waals surface area contributed by atoms with Crippen LogP contribution in [0.5, 0.6) is 0 Å². The highest BCUT2D eigenvalue weighted by molar-refractivity contribution is 5.96. The van der Waals surface area contributed by atoms with Crippen LogP contribution in [-0.2, 0) is 9.53 Å². The summed E-state index contributed by atoms with van der Waals surface area (Å²) in [5, 5.41) is 13.5. The van der Waals surface area contributed by atoms with Crippen molar-refractivity contribution in [3.8, 4) is 0 Å². The molecule has 0 radical (unpaired) electrons. The second kappa shape index (κ2) is 7.01. The fraction of sp³-hybridized carbons (Fsp3) is 0.0588. The molecule has 0 saturated carbocycles. The van der Waals surface area contributed by atoms with Crippen molar-refractivity contribution >= 4 is 34.2 Å². The predicted octanol–water partition coefficient (Wildman–Crippen LogP) is 3.28. The number of nitrogens with one attached hydrogen (secondary N) is 1. The van der Waals surface area contributed by atoms with Crippen LogP contribution in [0.3, 0.4) is 0 Å². The molecule has 26 heavy (non-hydrogen) atoms. The second-order valence-electron chi connectivity index (χ2n) is 5.19. The number of ether oxygens (including phenoxy) is 1. The second-order valence-corrected chi connectivity index (χ2v) is 5.19. The van der Waals surface area contributed by atoms with Crippen molar-refractivity contribution in [2.45, 2.75) is 0 Å². The largest absolute Gasteiger partial charge is 0.450 e. The van der Waals surface area contributed by atoms with Gasteiger partial charge in [0.2, 0.25) is 5.76 Å². The van der Waals surface area contributed by atoms with E-state index in [0.717, 1.165) is 18.2 Å². The summed E-state index contributed by atoms with van der Waals surface area (Å²) < 4.78 is 23.7. The molecular formula is C17H11FN2O6. The van der Waals surface area contributed by atoms with Crippen molar-refractivity contribution in [1.82, 2.24) is 0 Å². The van der Waals surface area contributed by atoms with Gasteiger partial charge in [0.25, 0.3) is 11.6 Å². The third-order valence-corrected chi connectivity index (χ3v) is 3.40. The Morgan fingerprint density at radius 3 is 2.69 bits per heavy atom. The first-order valence-corrected chi connectivity index (χ1v) is 7.33. The van der Waals surface area contributed by atoms with Gasteiger partial charge in [0.05, 0.1) is 10.6 Å². The zero-order valence-electron chi connectivity index (χ0n) is 13.1. The quantitative estimate of drug-likeness (QED) is 0.426. The van der Waals surface area contributed by atoms with E-state index in [1.54, 1.807) is 24.3 Å². The molecule has 1 aromatic heterocycles. The summed E-state index contributed by atoms with van der Waals surface area (Å²) in [6.45, 7) is -0.710. The summed E-state index contributed by atoms with van der Waals surface area (Å²) in [5.41, 5.74) is -0.285. The number of nitro groups is 1. The number of carbonyl (C=O) groups is 2. The molecule has 1 amide bonds. The number of anilines is 1. The van der Waals surface area contributed by atoms with Crippen LogP contribution < -0.4 is 5.32 Å². The summed E-state index contributed by atoms with van der Waals surface area (Å²) in [4.78, 5) is 33.7. The molecule has 0 spiro atoms. The van der Waals surface area contributed by atoms with Crippen molar-refractivity contribution in [3.05, 3.63) is 70.2 Å². The Hall–Kier alpha value is -3.75. The van der Waals surface area contributed by atoms with Crippen LogP contribution in [0, 0.1) is 15.9 Å². The number of esters is 1. The summed E-state index contributed by atoms with van der Waals surface area (Å²) in [5.74, 6) is -2.65. The number of amides is 1. The first-order valence-electron chi connectivity index (χ1n) is 7.33. The van der Waals surface area contributed by atoms with Crippen LogP contribution in [0.1, 0.15) is 10.6 Å². The standard InChI is InChI=1S/C17H11FN2O6/c18-12-6-5-11(20(23)24)8-13(12)19-16(21)9-25-17(22)15-7-10-3-1-2-4-14(10)26-15/h1-8H,9H2,(H,19,21). The number of furan rings is 1. The van der Waals surface area contributed by atoms with Gasteiger partial charge in [-0.3, -0.25) is 14.9 Å². The van der Waals surface area contributed by atoms with Gasteiger partial charge in [0.15, 0.2) is 6.61 Å². The average Bonchev–Trinajstić information content (AvgIpc) is 3.05. The average molecular weight is 358 g/mol. The lowest BCUT2D eigenvalue weighted by Crippen LogP contribution is -2.21. The van der Waals surface area contributed by atoms with Crippen molar-refractivity contribution in [2.24, 2.45) is 0 Å². The number of fused-ring (bicyclic) bond motifs is 1. The van der Waals surface area contributed by atoms with Gasteiger partial charge in [-0.15, -0.1) is 0 Å². The maximum absolute atomic E-state index is 13.6. The molecule has 132 valence electrons. The number of hydrogen-bond acceptors (Lipinski definition) is 6. The molecule has 9 heteroatoms. The molecule has 3 aromatic rings. The minimum absolute atomic E-state index is 0.0828. The van der Waals surface area contributed by atoms with Gasteiger partial charge in [-0.2, -0.15) is 0 Å². The lowest BCUT2D eigenvalue weighted by Gasteiger charge is -2.06. The molecule has 8 nitrogen and oxygen atoms in total. The molecule has 0 aliphatic heterocycles. The van der Waals surface area contributed by atoms with Crippen LogP contribution in [0.2, 0.25) is 0 Å². The molecule has 1 heterocycles. The summed E-state index contributed by atoms with van der Waals surface area (Å²) >= 11 is 0. The molecule has 0 aliphatic carbocycles. The third kappa shape index (κ3) is 3.66. The van der Waals surface area contributed by atoms with Crippen molar-refractivity contribution in [2.75, 3.05) is 11.9 Å². The first kappa shape index (κ1) is 17.1. The molecule has 2 aromatic carbocycles. The van der Waals surface area contributed by atoms with Crippen LogP contribution in [0.15, 0.2) is 52.9 Å². The van der Waals surface area contributed by atoms with E-state index in [-0.39, 0.29) is 17.1 Å². The topological polar surface area (TPSA) is 112 Å². The number of para-hydroxylation sites is 1. The highest BCUT2D eigenvalue weighted by Crippen LogP contribution is 2.21. The molecule has 0 aliphatic rings. The molecular weight excluding hydrogens is 347 g/mol. The zero-order chi connectivity index (χ0) is 18.7. The highest BCUT2D eigenvalue weighted by Gasteiger charge is 2.17. The summed E-state index contributed by atoms with van der Waals surface area (Å²) in [7, 11) is 0. The van der Waals surface area contributed by atoms with Gasteiger partial charge in [-0.1, -0.05) is 18.2 Å². The Balaban J connectivity index is 1.62. The van der Waals surface area contributed by atoms with Gasteiger partial charge < -0.3 is 14.5 Å². The molecule has 0 unspecified atom stereocenters. The van der Waals surface area contributed by atoms with E-state index in [1.807, 2.05) is 0 Å². The molecule has 1 N–H and O–H groups in total. The van der Waals surface area contributed by atoms with E-state index >= 15 is 0 Å². The maximum Gasteiger partial charge on any atom is 0.374 e. The first-order chi connectivity index (χ1) is 12.4. The van der Waals surface area contributed by atoms with Gasteiger partial charge in [-0.05, 0) is 18.2 Å². The fourth-order valence-electron chi connectivity index (χ4n) is 2.19. The van der Waals surface area contributed by atoms with Gasteiger partial charge in [-0.25, -0.2) is 9.18 Å². The van der Waals surface area contributed by atoms with E-state index in [2.05, 4.69) is 5.32 Å². The van der Waals surface area contributed by atoms with Crippen LogP contribution in [0.25, 0.3) is 11.0 Å². The molecule has 3 rings (SSSR count). The Morgan fingerprint density at radius 1 is 1.19 bits per heavy atom. The molecule has 0 atom stereocenters. The number of nitrogens with zero attached hydrogens (tertiary/aromatic N) is 1. The van der Waals surface area contributed by atoms with Crippen molar-refractivity contribution in [3.63, 3.8) is 0 Å². The minimum Gasteiger partial charge on any atom is -0.450 e. The van der Waals surface area contributed by atoms with Gasteiger partial charge in [0.1, 0.15) is 11.4 Å². The Kier molecular flexibility index (Phi) is 4.61. The lowest BCUT2D eigenvalue weighted by atomic mass is 10.2. The van der Waals surface area contributed by atoms with Crippen LogP contribution >= 0.6 is 0 Å². The van der Waals surface area contributed by atoms with E-state index in [1.165, 1.54) is 6.07 Å². The summed E-state index contributed by atoms with van der Waals surface area (Å²) in [6, 6.07) is 11.1. The number of halogens is 1. The Morgan fingerprint density at radius 2 is 1.96 bits per heavy atom. The number of carbonyl (C=O) groups excluding carboxylic acids is 2. The molecule has 0 fully saturated rings. The van der Waals surface area contributed by atoms with Crippen molar-refractivity contribution in [1.29, 1.82) is 0 Å². The number of nitro benzene ring substituents is 1. The number of benzene rings is 2. The zero-order valence-corrected chi connectivity index (χ0v) is 13.1. The van der Waals surface area contributed by atoms with Gasteiger partial charge >= 0.3 is 5.97 Å². The normalized spacial score (nSPS) is 10.5.